The van der Waals surface area contributed by atoms with Gasteiger partial charge in [0.15, 0.2) is 0 Å². The van der Waals surface area contributed by atoms with Crippen LogP contribution < -0.4 is 5.73 Å². The number of carbonyl (C=O) groups is 1. The van der Waals surface area contributed by atoms with Crippen LogP contribution in [0.5, 0.6) is 0 Å². The van der Waals surface area contributed by atoms with E-state index in [1.807, 2.05) is 0 Å². The van der Waals surface area contributed by atoms with Crippen molar-refractivity contribution >= 4 is 5.91 Å². The van der Waals surface area contributed by atoms with Crippen LogP contribution in [0.2, 0.25) is 0 Å². The first-order valence-electron chi connectivity index (χ1n) is 6.61. The van der Waals surface area contributed by atoms with E-state index in [1.165, 1.54) is 12.8 Å². The van der Waals surface area contributed by atoms with Gasteiger partial charge in [-0.15, -0.1) is 0 Å². The molecule has 1 saturated carbocycles. The lowest BCUT2D eigenvalue weighted by Crippen LogP contribution is -2.45. The summed E-state index contributed by atoms with van der Waals surface area (Å²) >= 11 is 0. The Kier molecular flexibility index (Phi) is 3.53. The molecule has 1 saturated heterocycles. The highest BCUT2D eigenvalue weighted by molar-refractivity contribution is 5.80. The van der Waals surface area contributed by atoms with Gasteiger partial charge < -0.3 is 5.73 Å². The number of rotatable bonds is 4. The van der Waals surface area contributed by atoms with E-state index < -0.39 is 0 Å². The van der Waals surface area contributed by atoms with Crippen LogP contribution >= 0.6 is 0 Å². The number of likely N-dealkylation sites (tertiary alicyclic amines) is 1. The molecular formula is C13H24N2O. The average molecular weight is 224 g/mol. The zero-order valence-corrected chi connectivity index (χ0v) is 10.5. The average Bonchev–Trinajstić information content (AvgIpc) is 2.57. The van der Waals surface area contributed by atoms with E-state index in [1.54, 1.807) is 0 Å². The molecule has 1 aliphatic heterocycles. The number of carbonyl (C=O) groups excluding carboxylic acids is 1. The van der Waals surface area contributed by atoms with E-state index in [0.717, 1.165) is 43.7 Å². The predicted octanol–water partition coefficient (Wildman–Crippen LogP) is 1.62. The number of nitrogens with zero attached hydrogens (tertiary/aromatic N) is 1. The molecule has 0 bridgehead atoms. The first kappa shape index (κ1) is 11.9. The van der Waals surface area contributed by atoms with Crippen LogP contribution in [0.15, 0.2) is 0 Å². The SMILES string of the molecule is CC(C)C1CC(CN2CCC[C@H]2C(N)=O)C1. The number of hydrogen-bond donors (Lipinski definition) is 1. The maximum atomic E-state index is 11.3. The van der Waals surface area contributed by atoms with Gasteiger partial charge in [0, 0.05) is 6.54 Å². The topological polar surface area (TPSA) is 46.3 Å². The molecule has 1 amide bonds. The molecule has 2 N–H and O–H groups in total. The summed E-state index contributed by atoms with van der Waals surface area (Å²) in [5.41, 5.74) is 5.42. The zero-order chi connectivity index (χ0) is 11.7. The van der Waals surface area contributed by atoms with Gasteiger partial charge in [0.1, 0.15) is 0 Å². The van der Waals surface area contributed by atoms with E-state index in [9.17, 15) is 4.79 Å². The summed E-state index contributed by atoms with van der Waals surface area (Å²) in [5.74, 6) is 2.42. The third kappa shape index (κ3) is 2.40. The minimum Gasteiger partial charge on any atom is -0.368 e. The van der Waals surface area contributed by atoms with Gasteiger partial charge >= 0.3 is 0 Å². The van der Waals surface area contributed by atoms with Gasteiger partial charge in [0.05, 0.1) is 6.04 Å². The number of nitrogens with two attached hydrogens (primary N) is 1. The second-order valence-corrected chi connectivity index (χ2v) is 5.90. The fourth-order valence-corrected chi connectivity index (χ4v) is 3.18. The quantitative estimate of drug-likeness (QED) is 0.788. The largest absolute Gasteiger partial charge is 0.368 e. The lowest BCUT2D eigenvalue weighted by Gasteiger charge is -2.40. The van der Waals surface area contributed by atoms with Crippen LogP contribution in [-0.2, 0) is 4.79 Å². The standard InChI is InChI=1S/C13H24N2O/c1-9(2)11-6-10(7-11)8-15-5-3-4-12(15)13(14)16/h9-12H,3-8H2,1-2H3,(H2,14,16)/t10?,11?,12-/m0/s1. The molecule has 1 atom stereocenters. The molecule has 3 heteroatoms. The third-order valence-corrected chi connectivity index (χ3v) is 4.40. The lowest BCUT2D eigenvalue weighted by atomic mass is 9.69. The van der Waals surface area contributed by atoms with Crippen molar-refractivity contribution in [2.75, 3.05) is 13.1 Å². The molecule has 92 valence electrons. The summed E-state index contributed by atoms with van der Waals surface area (Å²) in [5, 5.41) is 0. The molecule has 3 nitrogen and oxygen atoms in total. The van der Waals surface area contributed by atoms with Gasteiger partial charge in [-0.25, -0.2) is 0 Å². The molecule has 0 radical (unpaired) electrons. The van der Waals surface area contributed by atoms with Crippen molar-refractivity contribution in [2.24, 2.45) is 23.5 Å². The second kappa shape index (κ2) is 4.74. The third-order valence-electron chi connectivity index (χ3n) is 4.40. The molecule has 2 fully saturated rings. The van der Waals surface area contributed by atoms with Gasteiger partial charge in [-0.05, 0) is 50.0 Å². The van der Waals surface area contributed by atoms with Crippen LogP contribution in [-0.4, -0.2) is 29.9 Å². The molecule has 2 rings (SSSR count). The molecule has 1 aliphatic carbocycles. The van der Waals surface area contributed by atoms with E-state index in [-0.39, 0.29) is 11.9 Å². The summed E-state index contributed by atoms with van der Waals surface area (Å²) < 4.78 is 0. The summed E-state index contributed by atoms with van der Waals surface area (Å²) in [6.07, 6.45) is 4.79. The van der Waals surface area contributed by atoms with Crippen LogP contribution in [0.3, 0.4) is 0 Å². The van der Waals surface area contributed by atoms with Crippen molar-refractivity contribution in [1.29, 1.82) is 0 Å². The smallest absolute Gasteiger partial charge is 0.234 e. The lowest BCUT2D eigenvalue weighted by molar-refractivity contribution is -0.122. The second-order valence-electron chi connectivity index (χ2n) is 5.90. The Bertz CT molecular complexity index is 259. The minimum atomic E-state index is -0.128. The molecule has 2 aliphatic rings. The molecule has 0 aromatic heterocycles. The summed E-state index contributed by atoms with van der Waals surface area (Å²) in [6, 6.07) is 0.0260. The Labute approximate surface area is 98.4 Å². The molecule has 0 spiro atoms. The van der Waals surface area contributed by atoms with Crippen molar-refractivity contribution in [3.8, 4) is 0 Å². The summed E-state index contributed by atoms with van der Waals surface area (Å²) in [6.45, 7) is 6.78. The van der Waals surface area contributed by atoms with Gasteiger partial charge in [0.2, 0.25) is 5.91 Å². The van der Waals surface area contributed by atoms with E-state index in [0.29, 0.717) is 0 Å². The number of hydrogen-bond acceptors (Lipinski definition) is 2. The van der Waals surface area contributed by atoms with Crippen molar-refractivity contribution in [3.63, 3.8) is 0 Å². The first-order chi connectivity index (χ1) is 7.58. The monoisotopic (exact) mass is 224 g/mol. The fourth-order valence-electron chi connectivity index (χ4n) is 3.18. The van der Waals surface area contributed by atoms with Gasteiger partial charge in [-0.1, -0.05) is 13.8 Å². The van der Waals surface area contributed by atoms with Crippen LogP contribution in [0, 0.1) is 17.8 Å². The van der Waals surface area contributed by atoms with Crippen LogP contribution in [0.1, 0.15) is 39.5 Å². The Morgan fingerprint density at radius 3 is 2.69 bits per heavy atom. The van der Waals surface area contributed by atoms with Gasteiger partial charge in [-0.3, -0.25) is 9.69 Å². The number of primary amides is 1. The van der Waals surface area contributed by atoms with Gasteiger partial charge in [-0.2, -0.15) is 0 Å². The molecule has 1 heterocycles. The maximum absolute atomic E-state index is 11.3. The predicted molar refractivity (Wildman–Crippen MR) is 64.8 cm³/mol. The van der Waals surface area contributed by atoms with E-state index in [4.69, 9.17) is 5.73 Å². The van der Waals surface area contributed by atoms with Crippen LogP contribution in [0.4, 0.5) is 0 Å². The highest BCUT2D eigenvalue weighted by Gasteiger charge is 2.36. The first-order valence-corrected chi connectivity index (χ1v) is 6.61. The maximum Gasteiger partial charge on any atom is 0.234 e. The molecule has 0 aromatic carbocycles. The van der Waals surface area contributed by atoms with Crippen LogP contribution in [0.25, 0.3) is 0 Å². The Morgan fingerprint density at radius 1 is 1.44 bits per heavy atom. The van der Waals surface area contributed by atoms with E-state index >= 15 is 0 Å². The zero-order valence-electron chi connectivity index (χ0n) is 10.5. The highest BCUT2D eigenvalue weighted by Crippen LogP contribution is 2.39. The molecular weight excluding hydrogens is 200 g/mol. The Balaban J connectivity index is 1.76. The van der Waals surface area contributed by atoms with E-state index in [2.05, 4.69) is 18.7 Å². The fraction of sp³-hybridized carbons (Fsp3) is 0.923. The molecule has 0 aromatic rings. The Morgan fingerprint density at radius 2 is 2.12 bits per heavy atom. The Hall–Kier alpha value is -0.570. The van der Waals surface area contributed by atoms with Crippen molar-refractivity contribution in [3.05, 3.63) is 0 Å². The number of amides is 1. The van der Waals surface area contributed by atoms with Crippen molar-refractivity contribution in [2.45, 2.75) is 45.6 Å². The highest BCUT2D eigenvalue weighted by atomic mass is 16.1. The van der Waals surface area contributed by atoms with Crippen molar-refractivity contribution in [1.82, 2.24) is 4.90 Å². The summed E-state index contributed by atoms with van der Waals surface area (Å²) in [4.78, 5) is 13.6. The normalized spacial score (nSPS) is 35.3. The minimum absolute atomic E-state index is 0.0260. The van der Waals surface area contributed by atoms with Gasteiger partial charge in [0.25, 0.3) is 0 Å². The summed E-state index contributed by atoms with van der Waals surface area (Å²) in [7, 11) is 0. The molecule has 16 heavy (non-hydrogen) atoms. The molecule has 0 unspecified atom stereocenters. The van der Waals surface area contributed by atoms with Crippen molar-refractivity contribution < 1.29 is 4.79 Å².